The monoisotopic (exact) mass is 376 g/mol. The summed E-state index contributed by atoms with van der Waals surface area (Å²) in [4.78, 5) is 1.91. The van der Waals surface area contributed by atoms with E-state index in [1.54, 1.807) is 19.2 Å². The summed E-state index contributed by atoms with van der Waals surface area (Å²) in [6, 6.07) is 12.4. The van der Waals surface area contributed by atoms with Gasteiger partial charge in [-0.2, -0.15) is 0 Å². The van der Waals surface area contributed by atoms with Crippen LogP contribution in [0.5, 0.6) is 11.5 Å². The molecule has 2 N–H and O–H groups in total. The minimum Gasteiger partial charge on any atom is -0.497 e. The molecule has 1 atom stereocenters. The van der Waals surface area contributed by atoms with Crippen molar-refractivity contribution in [3.05, 3.63) is 59.4 Å². The normalized spacial score (nSPS) is 12.2. The maximum absolute atomic E-state index is 13.7. The largest absolute Gasteiger partial charge is 0.497 e. The van der Waals surface area contributed by atoms with E-state index in [9.17, 15) is 9.50 Å². The lowest BCUT2D eigenvalue weighted by Gasteiger charge is -2.18. The highest BCUT2D eigenvalue weighted by atomic mass is 19.1. The van der Waals surface area contributed by atoms with E-state index < -0.39 is 6.10 Å². The molecule has 0 spiro atoms. The molecule has 0 saturated heterocycles. The molecule has 0 heterocycles. The number of nitrogens with one attached hydrogen (secondary N) is 1. The molecule has 2 rings (SSSR count). The molecule has 2 aromatic rings. The number of methoxy groups -OCH3 is 1. The summed E-state index contributed by atoms with van der Waals surface area (Å²) in [5, 5.41) is 13.3. The molecule has 0 fully saturated rings. The van der Waals surface area contributed by atoms with Gasteiger partial charge in [0.15, 0.2) is 0 Å². The maximum Gasteiger partial charge on any atom is 0.126 e. The standard InChI is InChI=1S/C21H29FN2O3/c1-24(2)14-18(25)15-27-21-9-8-19(26-3)12-17(21)13-23-11-10-16-6-4-5-7-20(16)22/h4-9,12,18,23,25H,10-11,13-15H2,1-3H3/t18-/m1/s1. The highest BCUT2D eigenvalue weighted by Crippen LogP contribution is 2.24. The van der Waals surface area contributed by atoms with Gasteiger partial charge < -0.3 is 24.8 Å². The van der Waals surface area contributed by atoms with E-state index in [0.717, 1.165) is 11.3 Å². The summed E-state index contributed by atoms with van der Waals surface area (Å²) in [6.07, 6.45) is 0.0398. The Balaban J connectivity index is 1.92. The number of nitrogens with zero attached hydrogens (tertiary/aromatic N) is 1. The highest BCUT2D eigenvalue weighted by Gasteiger charge is 2.10. The molecule has 0 radical (unpaired) electrons. The molecule has 0 saturated carbocycles. The molecule has 5 nitrogen and oxygen atoms in total. The van der Waals surface area contributed by atoms with Crippen LogP contribution in [-0.2, 0) is 13.0 Å². The van der Waals surface area contributed by atoms with Crippen molar-refractivity contribution in [2.45, 2.75) is 19.1 Å². The Labute approximate surface area is 160 Å². The van der Waals surface area contributed by atoms with Gasteiger partial charge in [0.05, 0.1) is 7.11 Å². The zero-order valence-corrected chi connectivity index (χ0v) is 16.2. The van der Waals surface area contributed by atoms with Crippen molar-refractivity contribution in [3.63, 3.8) is 0 Å². The fourth-order valence-corrected chi connectivity index (χ4v) is 2.77. The summed E-state index contributed by atoms with van der Waals surface area (Å²) < 4.78 is 24.8. The molecule has 0 aromatic heterocycles. The molecule has 2 aromatic carbocycles. The highest BCUT2D eigenvalue weighted by molar-refractivity contribution is 5.40. The number of likely N-dealkylation sites (N-methyl/N-ethyl adjacent to an activating group) is 1. The minimum atomic E-state index is -0.566. The van der Waals surface area contributed by atoms with E-state index in [-0.39, 0.29) is 12.4 Å². The Morgan fingerprint density at radius 1 is 1.15 bits per heavy atom. The Morgan fingerprint density at radius 3 is 2.63 bits per heavy atom. The molecule has 0 unspecified atom stereocenters. The van der Waals surface area contributed by atoms with Gasteiger partial charge in [-0.3, -0.25) is 0 Å². The average molecular weight is 376 g/mol. The van der Waals surface area contributed by atoms with Gasteiger partial charge in [0.1, 0.15) is 30.0 Å². The molecule has 0 aliphatic carbocycles. The van der Waals surface area contributed by atoms with Crippen molar-refractivity contribution in [1.82, 2.24) is 10.2 Å². The quantitative estimate of drug-likeness (QED) is 0.590. The molecule has 148 valence electrons. The van der Waals surface area contributed by atoms with Crippen LogP contribution < -0.4 is 14.8 Å². The summed E-state index contributed by atoms with van der Waals surface area (Å²) in [5.41, 5.74) is 1.62. The van der Waals surface area contributed by atoms with E-state index >= 15 is 0 Å². The van der Waals surface area contributed by atoms with Gasteiger partial charge in [-0.05, 0) is 56.9 Å². The maximum atomic E-state index is 13.7. The molecule has 27 heavy (non-hydrogen) atoms. The van der Waals surface area contributed by atoms with Gasteiger partial charge in [-0.25, -0.2) is 4.39 Å². The van der Waals surface area contributed by atoms with Crippen LogP contribution in [0.2, 0.25) is 0 Å². The van der Waals surface area contributed by atoms with Crippen molar-refractivity contribution in [1.29, 1.82) is 0 Å². The number of aliphatic hydroxyl groups excluding tert-OH is 1. The number of rotatable bonds is 11. The third-order valence-corrected chi connectivity index (χ3v) is 4.12. The van der Waals surface area contributed by atoms with E-state index in [0.29, 0.717) is 37.4 Å². The van der Waals surface area contributed by atoms with E-state index in [4.69, 9.17) is 9.47 Å². The Hall–Kier alpha value is -2.15. The van der Waals surface area contributed by atoms with E-state index in [2.05, 4.69) is 5.32 Å². The smallest absolute Gasteiger partial charge is 0.126 e. The predicted octanol–water partition coefficient (Wildman–Crippen LogP) is 2.47. The van der Waals surface area contributed by atoms with Gasteiger partial charge in [0.2, 0.25) is 0 Å². The van der Waals surface area contributed by atoms with E-state index in [1.807, 2.05) is 43.3 Å². The Bertz CT molecular complexity index is 710. The van der Waals surface area contributed by atoms with Crippen LogP contribution in [0.15, 0.2) is 42.5 Å². The van der Waals surface area contributed by atoms with Gasteiger partial charge in [-0.15, -0.1) is 0 Å². The van der Waals surface area contributed by atoms with Crippen LogP contribution in [0.3, 0.4) is 0 Å². The molecule has 0 amide bonds. The lowest BCUT2D eigenvalue weighted by Crippen LogP contribution is -2.30. The van der Waals surface area contributed by atoms with Crippen LogP contribution >= 0.6 is 0 Å². The number of hydrogen-bond acceptors (Lipinski definition) is 5. The van der Waals surface area contributed by atoms with Crippen molar-refractivity contribution >= 4 is 0 Å². The average Bonchev–Trinajstić information content (AvgIpc) is 2.64. The zero-order valence-electron chi connectivity index (χ0n) is 16.2. The van der Waals surface area contributed by atoms with Crippen LogP contribution in [0.1, 0.15) is 11.1 Å². The fraction of sp³-hybridized carbons (Fsp3) is 0.429. The van der Waals surface area contributed by atoms with Crippen LogP contribution in [-0.4, -0.2) is 57.0 Å². The topological polar surface area (TPSA) is 54.0 Å². The SMILES string of the molecule is COc1ccc(OC[C@H](O)CN(C)C)c(CNCCc2ccccc2F)c1. The first-order valence-electron chi connectivity index (χ1n) is 9.06. The number of hydrogen-bond donors (Lipinski definition) is 2. The van der Waals surface area contributed by atoms with Crippen molar-refractivity contribution in [2.24, 2.45) is 0 Å². The Morgan fingerprint density at radius 2 is 1.93 bits per heavy atom. The van der Waals surface area contributed by atoms with Crippen LogP contribution in [0.4, 0.5) is 4.39 Å². The van der Waals surface area contributed by atoms with Crippen molar-refractivity contribution in [3.8, 4) is 11.5 Å². The summed E-state index contributed by atoms with van der Waals surface area (Å²) in [6.45, 7) is 1.95. The van der Waals surface area contributed by atoms with Crippen molar-refractivity contribution in [2.75, 3.05) is 40.9 Å². The molecule has 0 aliphatic heterocycles. The second-order valence-corrected chi connectivity index (χ2v) is 6.72. The molecule has 6 heteroatoms. The number of halogens is 1. The lowest BCUT2D eigenvalue weighted by atomic mass is 10.1. The number of ether oxygens (including phenoxy) is 2. The fourth-order valence-electron chi connectivity index (χ4n) is 2.77. The molecule has 0 aliphatic rings. The van der Waals surface area contributed by atoms with Crippen LogP contribution in [0, 0.1) is 5.82 Å². The predicted molar refractivity (Wildman–Crippen MR) is 105 cm³/mol. The first kappa shape index (κ1) is 21.2. The first-order chi connectivity index (χ1) is 13.0. The second kappa shape index (κ2) is 10.9. The van der Waals surface area contributed by atoms with E-state index in [1.165, 1.54) is 6.07 Å². The third-order valence-electron chi connectivity index (χ3n) is 4.12. The van der Waals surface area contributed by atoms with Gasteiger partial charge >= 0.3 is 0 Å². The van der Waals surface area contributed by atoms with Gasteiger partial charge in [0.25, 0.3) is 0 Å². The van der Waals surface area contributed by atoms with Gasteiger partial charge in [0, 0.05) is 18.7 Å². The zero-order chi connectivity index (χ0) is 19.6. The number of benzene rings is 2. The molecule has 0 bridgehead atoms. The van der Waals surface area contributed by atoms with Crippen LogP contribution in [0.25, 0.3) is 0 Å². The minimum absolute atomic E-state index is 0.181. The van der Waals surface area contributed by atoms with Gasteiger partial charge in [-0.1, -0.05) is 18.2 Å². The lowest BCUT2D eigenvalue weighted by molar-refractivity contribution is 0.0826. The molecular weight excluding hydrogens is 347 g/mol. The molecular formula is C21H29FN2O3. The second-order valence-electron chi connectivity index (χ2n) is 6.72. The summed E-state index contributed by atoms with van der Waals surface area (Å²) >= 11 is 0. The third kappa shape index (κ3) is 7.17. The number of aliphatic hydroxyl groups is 1. The van der Waals surface area contributed by atoms with Crippen molar-refractivity contribution < 1.29 is 19.0 Å². The summed E-state index contributed by atoms with van der Waals surface area (Å²) in [5.74, 6) is 1.26. The Kier molecular flexibility index (Phi) is 8.51. The first-order valence-corrected chi connectivity index (χ1v) is 9.06. The summed E-state index contributed by atoms with van der Waals surface area (Å²) in [7, 11) is 5.43.